The summed E-state index contributed by atoms with van der Waals surface area (Å²) in [4.78, 5) is 0. The fraction of sp³-hybridized carbons (Fsp3) is 1.00. The van der Waals surface area contributed by atoms with Gasteiger partial charge in [0.2, 0.25) is 10.0 Å². The lowest BCUT2D eigenvalue weighted by Crippen LogP contribution is -2.34. The van der Waals surface area contributed by atoms with E-state index in [1.165, 1.54) is 6.42 Å². The zero-order valence-corrected chi connectivity index (χ0v) is 11.2. The maximum atomic E-state index is 11.4. The van der Waals surface area contributed by atoms with E-state index in [1.807, 2.05) is 13.8 Å². The Labute approximate surface area is 94.7 Å². The van der Waals surface area contributed by atoms with Crippen molar-refractivity contribution in [3.05, 3.63) is 0 Å². The molecule has 3 nitrogen and oxygen atoms in total. The van der Waals surface area contributed by atoms with Gasteiger partial charge in [-0.25, -0.2) is 13.1 Å². The zero-order valence-electron chi connectivity index (χ0n) is 10.4. The topological polar surface area (TPSA) is 46.2 Å². The van der Waals surface area contributed by atoms with Crippen molar-refractivity contribution < 1.29 is 8.42 Å². The van der Waals surface area contributed by atoms with Crippen molar-refractivity contribution in [1.82, 2.24) is 4.72 Å². The van der Waals surface area contributed by atoms with Crippen LogP contribution in [0, 0.1) is 5.92 Å². The molecule has 0 aliphatic rings. The Morgan fingerprint density at radius 3 is 2.20 bits per heavy atom. The van der Waals surface area contributed by atoms with Crippen LogP contribution in [0.2, 0.25) is 0 Å². The van der Waals surface area contributed by atoms with Crippen LogP contribution in [0.25, 0.3) is 0 Å². The van der Waals surface area contributed by atoms with Gasteiger partial charge in [-0.2, -0.15) is 0 Å². The lowest BCUT2D eigenvalue weighted by molar-refractivity contribution is 0.488. The van der Waals surface area contributed by atoms with Crippen molar-refractivity contribution >= 4 is 10.0 Å². The predicted octanol–water partition coefficient (Wildman–Crippen LogP) is 2.53. The van der Waals surface area contributed by atoms with Crippen LogP contribution < -0.4 is 4.72 Å². The maximum Gasteiger partial charge on any atom is 0.211 e. The van der Waals surface area contributed by atoms with Crippen molar-refractivity contribution in [2.24, 2.45) is 5.92 Å². The van der Waals surface area contributed by atoms with Gasteiger partial charge in [0, 0.05) is 6.04 Å². The summed E-state index contributed by atoms with van der Waals surface area (Å²) >= 11 is 0. The van der Waals surface area contributed by atoms with E-state index in [0.29, 0.717) is 12.3 Å². The standard InChI is InChI=1S/C11H25NO2S/c1-5-9-15(13,14)12-11(4)8-6-7-10(2)3/h10-12H,5-9H2,1-4H3. The fourth-order valence-electron chi connectivity index (χ4n) is 1.53. The Kier molecular flexibility index (Phi) is 7.18. The number of hydrogen-bond acceptors (Lipinski definition) is 2. The summed E-state index contributed by atoms with van der Waals surface area (Å²) in [6, 6.07) is 0.0697. The Morgan fingerprint density at radius 2 is 1.73 bits per heavy atom. The lowest BCUT2D eigenvalue weighted by atomic mass is 10.0. The minimum atomic E-state index is -3.03. The van der Waals surface area contributed by atoms with Crippen LogP contribution in [0.15, 0.2) is 0 Å². The molecule has 1 N–H and O–H groups in total. The van der Waals surface area contributed by atoms with E-state index in [1.54, 1.807) is 0 Å². The van der Waals surface area contributed by atoms with Gasteiger partial charge in [0.25, 0.3) is 0 Å². The predicted molar refractivity (Wildman–Crippen MR) is 65.4 cm³/mol. The van der Waals surface area contributed by atoms with Crippen molar-refractivity contribution in [1.29, 1.82) is 0 Å². The Hall–Kier alpha value is -0.0900. The average molecular weight is 235 g/mol. The summed E-state index contributed by atoms with van der Waals surface area (Å²) in [5, 5.41) is 0. The SMILES string of the molecule is CCCS(=O)(=O)NC(C)CCCC(C)C. The van der Waals surface area contributed by atoms with Gasteiger partial charge in [0.1, 0.15) is 0 Å². The third kappa shape index (κ3) is 8.88. The lowest BCUT2D eigenvalue weighted by Gasteiger charge is -2.14. The second-order valence-electron chi connectivity index (χ2n) is 4.66. The molecular weight excluding hydrogens is 210 g/mol. The van der Waals surface area contributed by atoms with E-state index in [2.05, 4.69) is 18.6 Å². The van der Waals surface area contributed by atoms with Gasteiger partial charge < -0.3 is 0 Å². The van der Waals surface area contributed by atoms with Gasteiger partial charge in [-0.15, -0.1) is 0 Å². The van der Waals surface area contributed by atoms with Crippen LogP contribution in [-0.2, 0) is 10.0 Å². The van der Waals surface area contributed by atoms with Crippen LogP contribution in [0.5, 0.6) is 0 Å². The van der Waals surface area contributed by atoms with Crippen LogP contribution in [0.1, 0.15) is 53.4 Å². The smallest absolute Gasteiger partial charge is 0.211 e. The van der Waals surface area contributed by atoms with E-state index >= 15 is 0 Å². The molecule has 0 amide bonds. The first kappa shape index (κ1) is 14.9. The first-order valence-electron chi connectivity index (χ1n) is 5.87. The van der Waals surface area contributed by atoms with Gasteiger partial charge in [-0.05, 0) is 25.7 Å². The average Bonchev–Trinajstić information content (AvgIpc) is 2.01. The van der Waals surface area contributed by atoms with Crippen molar-refractivity contribution in [2.75, 3.05) is 5.75 Å². The summed E-state index contributed by atoms with van der Waals surface area (Å²) in [6.07, 6.45) is 3.86. The van der Waals surface area contributed by atoms with E-state index < -0.39 is 10.0 Å². The first-order chi connectivity index (χ1) is 6.87. The van der Waals surface area contributed by atoms with Crippen LogP contribution in [0.3, 0.4) is 0 Å². The summed E-state index contributed by atoms with van der Waals surface area (Å²) in [7, 11) is -3.03. The highest BCUT2D eigenvalue weighted by Crippen LogP contribution is 2.08. The third-order valence-corrected chi connectivity index (χ3v) is 3.98. The number of nitrogens with one attached hydrogen (secondary N) is 1. The molecular formula is C11H25NO2S. The normalized spacial score (nSPS) is 14.5. The molecule has 0 bridgehead atoms. The summed E-state index contributed by atoms with van der Waals surface area (Å²) in [6.45, 7) is 8.19. The molecule has 0 aromatic heterocycles. The molecule has 92 valence electrons. The van der Waals surface area contributed by atoms with E-state index in [-0.39, 0.29) is 11.8 Å². The Bertz CT molecular complexity index is 247. The quantitative estimate of drug-likeness (QED) is 0.702. The van der Waals surface area contributed by atoms with Crippen molar-refractivity contribution in [2.45, 2.75) is 59.4 Å². The van der Waals surface area contributed by atoms with Gasteiger partial charge in [0.05, 0.1) is 5.75 Å². The molecule has 0 rings (SSSR count). The van der Waals surface area contributed by atoms with E-state index in [4.69, 9.17) is 0 Å². The second kappa shape index (κ2) is 7.23. The molecule has 0 radical (unpaired) electrons. The van der Waals surface area contributed by atoms with Gasteiger partial charge in [0.15, 0.2) is 0 Å². The van der Waals surface area contributed by atoms with Crippen molar-refractivity contribution in [3.8, 4) is 0 Å². The van der Waals surface area contributed by atoms with Crippen LogP contribution >= 0.6 is 0 Å². The summed E-state index contributed by atoms with van der Waals surface area (Å²) < 4.78 is 25.6. The largest absolute Gasteiger partial charge is 0.212 e. The van der Waals surface area contributed by atoms with Crippen LogP contribution in [0.4, 0.5) is 0 Å². The zero-order chi connectivity index (χ0) is 11.9. The molecule has 0 saturated carbocycles. The highest BCUT2D eigenvalue weighted by atomic mass is 32.2. The molecule has 0 aliphatic heterocycles. The number of sulfonamides is 1. The molecule has 0 aromatic carbocycles. The molecule has 1 atom stereocenters. The van der Waals surface area contributed by atoms with E-state index in [9.17, 15) is 8.42 Å². The molecule has 0 aromatic rings. The summed E-state index contributed by atoms with van der Waals surface area (Å²) in [5.41, 5.74) is 0. The van der Waals surface area contributed by atoms with Gasteiger partial charge in [-0.3, -0.25) is 0 Å². The monoisotopic (exact) mass is 235 g/mol. The molecule has 0 saturated heterocycles. The molecule has 4 heteroatoms. The minimum Gasteiger partial charge on any atom is -0.212 e. The number of rotatable bonds is 8. The van der Waals surface area contributed by atoms with E-state index in [0.717, 1.165) is 12.8 Å². The van der Waals surface area contributed by atoms with Gasteiger partial charge >= 0.3 is 0 Å². The molecule has 0 heterocycles. The molecule has 0 fully saturated rings. The molecule has 0 spiro atoms. The Balaban J connectivity index is 3.78. The molecule has 15 heavy (non-hydrogen) atoms. The third-order valence-electron chi connectivity index (χ3n) is 2.27. The fourth-order valence-corrected chi connectivity index (χ4v) is 2.91. The van der Waals surface area contributed by atoms with Gasteiger partial charge in [-0.1, -0.05) is 33.6 Å². The number of hydrogen-bond donors (Lipinski definition) is 1. The van der Waals surface area contributed by atoms with Crippen molar-refractivity contribution in [3.63, 3.8) is 0 Å². The maximum absolute atomic E-state index is 11.4. The second-order valence-corrected chi connectivity index (χ2v) is 6.54. The molecule has 0 aliphatic carbocycles. The Morgan fingerprint density at radius 1 is 1.13 bits per heavy atom. The van der Waals surface area contributed by atoms with Crippen LogP contribution in [-0.4, -0.2) is 20.2 Å². The highest BCUT2D eigenvalue weighted by Gasteiger charge is 2.12. The highest BCUT2D eigenvalue weighted by molar-refractivity contribution is 7.89. The first-order valence-corrected chi connectivity index (χ1v) is 7.52. The minimum absolute atomic E-state index is 0.0697. The summed E-state index contributed by atoms with van der Waals surface area (Å²) in [5.74, 6) is 0.936. The molecule has 1 unspecified atom stereocenters.